The lowest BCUT2D eigenvalue weighted by atomic mass is 9.92. The van der Waals surface area contributed by atoms with E-state index in [-0.39, 0.29) is 6.04 Å². The summed E-state index contributed by atoms with van der Waals surface area (Å²) in [5.74, 6) is 0.876. The molecule has 18 heavy (non-hydrogen) atoms. The number of aliphatic hydroxyl groups is 1. The molecule has 2 aromatic rings. The first-order valence-electron chi connectivity index (χ1n) is 6.14. The SMILES string of the molecule is Cn1ccnc1CC1(O)CC(N)c2ccccc21. The van der Waals surface area contributed by atoms with Gasteiger partial charge in [0, 0.05) is 38.3 Å². The Hall–Kier alpha value is -1.65. The molecule has 4 heteroatoms. The lowest BCUT2D eigenvalue weighted by Gasteiger charge is -2.23. The van der Waals surface area contributed by atoms with E-state index in [1.165, 1.54) is 0 Å². The predicted molar refractivity (Wildman–Crippen MR) is 68.8 cm³/mol. The van der Waals surface area contributed by atoms with E-state index in [0.717, 1.165) is 17.0 Å². The second-order valence-corrected chi connectivity index (χ2v) is 5.06. The molecular formula is C14H17N3O. The average molecular weight is 243 g/mol. The van der Waals surface area contributed by atoms with Crippen LogP contribution in [0.25, 0.3) is 0 Å². The Morgan fingerprint density at radius 3 is 3.00 bits per heavy atom. The van der Waals surface area contributed by atoms with Crippen molar-refractivity contribution in [2.45, 2.75) is 24.5 Å². The summed E-state index contributed by atoms with van der Waals surface area (Å²) < 4.78 is 1.93. The van der Waals surface area contributed by atoms with E-state index in [9.17, 15) is 5.11 Å². The molecule has 0 aliphatic heterocycles. The number of imidazole rings is 1. The van der Waals surface area contributed by atoms with Crippen molar-refractivity contribution in [3.8, 4) is 0 Å². The highest BCUT2D eigenvalue weighted by molar-refractivity contribution is 5.40. The van der Waals surface area contributed by atoms with Crippen molar-refractivity contribution in [2.24, 2.45) is 12.8 Å². The molecule has 1 aliphatic rings. The van der Waals surface area contributed by atoms with Gasteiger partial charge in [0.25, 0.3) is 0 Å². The van der Waals surface area contributed by atoms with E-state index in [1.54, 1.807) is 6.20 Å². The van der Waals surface area contributed by atoms with Crippen molar-refractivity contribution in [2.75, 3.05) is 0 Å². The normalized spacial score (nSPS) is 26.3. The maximum atomic E-state index is 10.9. The van der Waals surface area contributed by atoms with Gasteiger partial charge in [-0.25, -0.2) is 4.98 Å². The van der Waals surface area contributed by atoms with Crippen LogP contribution >= 0.6 is 0 Å². The Labute approximate surface area is 106 Å². The first-order valence-corrected chi connectivity index (χ1v) is 6.14. The Balaban J connectivity index is 2.00. The van der Waals surface area contributed by atoms with Gasteiger partial charge in [-0.2, -0.15) is 0 Å². The van der Waals surface area contributed by atoms with Crippen molar-refractivity contribution in [1.82, 2.24) is 9.55 Å². The number of fused-ring (bicyclic) bond motifs is 1. The van der Waals surface area contributed by atoms with E-state index in [4.69, 9.17) is 5.73 Å². The number of rotatable bonds is 2. The molecule has 3 rings (SSSR count). The molecule has 1 aromatic heterocycles. The Morgan fingerprint density at radius 2 is 2.28 bits per heavy atom. The van der Waals surface area contributed by atoms with Crippen LogP contribution in [0.15, 0.2) is 36.7 Å². The number of aryl methyl sites for hydroxylation is 1. The van der Waals surface area contributed by atoms with Gasteiger partial charge in [-0.15, -0.1) is 0 Å². The number of nitrogens with two attached hydrogens (primary N) is 1. The summed E-state index contributed by atoms with van der Waals surface area (Å²) in [6, 6.07) is 7.78. The number of benzene rings is 1. The highest BCUT2D eigenvalue weighted by Gasteiger charge is 2.41. The number of aromatic nitrogens is 2. The van der Waals surface area contributed by atoms with Gasteiger partial charge < -0.3 is 15.4 Å². The molecule has 2 atom stereocenters. The third kappa shape index (κ3) is 1.65. The Morgan fingerprint density at radius 1 is 1.50 bits per heavy atom. The van der Waals surface area contributed by atoms with Crippen LogP contribution < -0.4 is 5.73 Å². The van der Waals surface area contributed by atoms with Crippen LogP contribution in [0.3, 0.4) is 0 Å². The lowest BCUT2D eigenvalue weighted by molar-refractivity contribution is 0.0315. The molecule has 2 unspecified atom stereocenters. The molecule has 94 valence electrons. The second kappa shape index (κ2) is 3.93. The average Bonchev–Trinajstić information content (AvgIpc) is 2.84. The van der Waals surface area contributed by atoms with Crippen LogP contribution in [0.2, 0.25) is 0 Å². The summed E-state index contributed by atoms with van der Waals surface area (Å²) in [4.78, 5) is 4.28. The third-order valence-electron chi connectivity index (χ3n) is 3.79. The van der Waals surface area contributed by atoms with Gasteiger partial charge >= 0.3 is 0 Å². The molecule has 0 fully saturated rings. The lowest BCUT2D eigenvalue weighted by Crippen LogP contribution is -2.28. The predicted octanol–water partition coefficient (Wildman–Crippen LogP) is 1.25. The number of nitrogens with zero attached hydrogens (tertiary/aromatic N) is 2. The first-order chi connectivity index (χ1) is 8.60. The van der Waals surface area contributed by atoms with Gasteiger partial charge in [-0.1, -0.05) is 24.3 Å². The molecule has 0 saturated heterocycles. The van der Waals surface area contributed by atoms with Crippen molar-refractivity contribution in [3.63, 3.8) is 0 Å². The minimum Gasteiger partial charge on any atom is -0.385 e. The molecule has 0 saturated carbocycles. The van der Waals surface area contributed by atoms with Crippen molar-refractivity contribution in [1.29, 1.82) is 0 Å². The van der Waals surface area contributed by atoms with E-state index in [2.05, 4.69) is 4.98 Å². The van der Waals surface area contributed by atoms with Crippen molar-refractivity contribution in [3.05, 3.63) is 53.6 Å². The Bertz CT molecular complexity index is 578. The molecule has 1 aromatic carbocycles. The highest BCUT2D eigenvalue weighted by atomic mass is 16.3. The van der Waals surface area contributed by atoms with E-state index in [0.29, 0.717) is 12.8 Å². The largest absolute Gasteiger partial charge is 0.385 e. The van der Waals surface area contributed by atoms with Gasteiger partial charge in [-0.05, 0) is 11.1 Å². The maximum absolute atomic E-state index is 10.9. The zero-order valence-corrected chi connectivity index (χ0v) is 10.4. The van der Waals surface area contributed by atoms with Crippen LogP contribution in [0.5, 0.6) is 0 Å². The first kappa shape index (κ1) is 11.4. The molecular weight excluding hydrogens is 226 g/mol. The summed E-state index contributed by atoms with van der Waals surface area (Å²) in [5, 5.41) is 10.9. The zero-order valence-electron chi connectivity index (χ0n) is 10.4. The fraction of sp³-hybridized carbons (Fsp3) is 0.357. The van der Waals surface area contributed by atoms with E-state index in [1.807, 2.05) is 42.1 Å². The summed E-state index contributed by atoms with van der Waals surface area (Å²) in [7, 11) is 1.94. The van der Waals surface area contributed by atoms with Gasteiger partial charge in [0.15, 0.2) is 0 Å². The van der Waals surface area contributed by atoms with Crippen LogP contribution in [-0.2, 0) is 19.1 Å². The van der Waals surface area contributed by atoms with Gasteiger partial charge in [0.1, 0.15) is 5.82 Å². The Kier molecular flexibility index (Phi) is 2.50. The standard InChI is InChI=1S/C14H17N3O/c1-17-7-6-16-13(17)9-14(18)8-12(15)10-4-2-3-5-11(10)14/h2-7,12,18H,8-9,15H2,1H3. The molecule has 3 N–H and O–H groups in total. The summed E-state index contributed by atoms with van der Waals surface area (Å²) >= 11 is 0. The topological polar surface area (TPSA) is 64.1 Å². The van der Waals surface area contributed by atoms with Crippen LogP contribution in [-0.4, -0.2) is 14.7 Å². The van der Waals surface area contributed by atoms with Crippen LogP contribution in [0, 0.1) is 0 Å². The molecule has 0 spiro atoms. The minimum absolute atomic E-state index is 0.0912. The third-order valence-corrected chi connectivity index (χ3v) is 3.79. The molecule has 4 nitrogen and oxygen atoms in total. The molecule has 1 heterocycles. The van der Waals surface area contributed by atoms with Crippen LogP contribution in [0.1, 0.15) is 29.4 Å². The fourth-order valence-corrected chi connectivity index (χ4v) is 2.82. The van der Waals surface area contributed by atoms with Crippen LogP contribution in [0.4, 0.5) is 0 Å². The smallest absolute Gasteiger partial charge is 0.111 e. The van der Waals surface area contributed by atoms with Gasteiger partial charge in [0.05, 0.1) is 5.60 Å². The molecule has 0 bridgehead atoms. The van der Waals surface area contributed by atoms with Gasteiger partial charge in [0.2, 0.25) is 0 Å². The summed E-state index contributed by atoms with van der Waals surface area (Å²) in [6.07, 6.45) is 4.69. The number of hydrogen-bond acceptors (Lipinski definition) is 3. The monoisotopic (exact) mass is 243 g/mol. The molecule has 1 aliphatic carbocycles. The summed E-state index contributed by atoms with van der Waals surface area (Å²) in [6.45, 7) is 0. The quantitative estimate of drug-likeness (QED) is 0.834. The van der Waals surface area contributed by atoms with Crippen molar-refractivity contribution >= 4 is 0 Å². The summed E-state index contributed by atoms with van der Waals surface area (Å²) in [5.41, 5.74) is 7.20. The molecule has 0 radical (unpaired) electrons. The number of hydrogen-bond donors (Lipinski definition) is 2. The van der Waals surface area contributed by atoms with Crippen molar-refractivity contribution < 1.29 is 5.11 Å². The minimum atomic E-state index is -0.894. The zero-order chi connectivity index (χ0) is 12.8. The highest BCUT2D eigenvalue weighted by Crippen LogP contribution is 2.43. The van der Waals surface area contributed by atoms with E-state index < -0.39 is 5.60 Å². The molecule has 0 amide bonds. The van der Waals surface area contributed by atoms with E-state index >= 15 is 0 Å². The maximum Gasteiger partial charge on any atom is 0.111 e. The van der Waals surface area contributed by atoms with Gasteiger partial charge in [-0.3, -0.25) is 0 Å². The fourth-order valence-electron chi connectivity index (χ4n) is 2.82. The second-order valence-electron chi connectivity index (χ2n) is 5.06.